The highest BCUT2D eigenvalue weighted by Crippen LogP contribution is 2.55. The van der Waals surface area contributed by atoms with Gasteiger partial charge in [0, 0.05) is 17.9 Å². The van der Waals surface area contributed by atoms with Crippen LogP contribution in [-0.4, -0.2) is 34.2 Å². The molecule has 1 heterocycles. The van der Waals surface area contributed by atoms with Gasteiger partial charge in [0.15, 0.2) is 22.8 Å². The fourth-order valence-corrected chi connectivity index (χ4v) is 5.24. The molecule has 1 aliphatic carbocycles. The number of hydrogen-bond donors (Lipinski definition) is 1. The summed E-state index contributed by atoms with van der Waals surface area (Å²) in [6.07, 6.45) is 6.90. The van der Waals surface area contributed by atoms with E-state index in [2.05, 4.69) is 6.08 Å². The van der Waals surface area contributed by atoms with Crippen LogP contribution in [0.2, 0.25) is 0 Å². The highest BCUT2D eigenvalue weighted by Gasteiger charge is 2.65. The van der Waals surface area contributed by atoms with Crippen LogP contribution in [-0.2, 0) is 19.1 Å². The monoisotopic (exact) mass is 498 g/mol. The number of aliphatic hydroxyl groups is 1. The maximum atomic E-state index is 14.4. The van der Waals surface area contributed by atoms with Crippen LogP contribution in [0, 0.1) is 16.7 Å². The standard InChI is InChI=1S/C31H46O5/c1-19(2)12-11-15-30(10,35)24-18-23-26(33)31(17-14-21(5)6,25(32)22(7)8)28(34)29(9,27(23)36-24)16-13-20(3)4/h12-14,22,24,35H,11,15-18H2,1-10H3. The topological polar surface area (TPSA) is 80.7 Å². The molecule has 5 nitrogen and oxygen atoms in total. The number of hydrogen-bond acceptors (Lipinski definition) is 5. The lowest BCUT2D eigenvalue weighted by molar-refractivity contribution is -0.156. The summed E-state index contributed by atoms with van der Waals surface area (Å²) in [5.41, 5.74) is -0.609. The minimum atomic E-state index is -1.78. The van der Waals surface area contributed by atoms with Crippen LogP contribution in [0.15, 0.2) is 46.3 Å². The quantitative estimate of drug-likeness (QED) is 0.271. The van der Waals surface area contributed by atoms with Crippen LogP contribution in [0.25, 0.3) is 0 Å². The SMILES string of the molecule is CC(C)=CCCC(C)(O)C1CC2=C(O1)C(C)(CC=C(C)C)C(=O)C(CC=C(C)C)(C(=O)C(C)C)C2=O. The molecular weight excluding hydrogens is 452 g/mol. The van der Waals surface area contributed by atoms with Gasteiger partial charge in [0.05, 0.1) is 11.0 Å². The number of Topliss-reactive ketones (excluding diaryl/α,β-unsaturated/α-hetero) is 3. The minimum Gasteiger partial charge on any atom is -0.490 e. The highest BCUT2D eigenvalue weighted by atomic mass is 16.5. The molecule has 4 atom stereocenters. The van der Waals surface area contributed by atoms with Gasteiger partial charge in [-0.2, -0.15) is 0 Å². The Morgan fingerprint density at radius 1 is 1.03 bits per heavy atom. The Kier molecular flexibility index (Phi) is 9.15. The first kappa shape index (κ1) is 30.0. The lowest BCUT2D eigenvalue weighted by Crippen LogP contribution is -2.57. The van der Waals surface area contributed by atoms with Gasteiger partial charge in [-0.15, -0.1) is 0 Å². The molecule has 36 heavy (non-hydrogen) atoms. The van der Waals surface area contributed by atoms with Crippen LogP contribution in [0.4, 0.5) is 0 Å². The van der Waals surface area contributed by atoms with Crippen molar-refractivity contribution >= 4 is 17.3 Å². The van der Waals surface area contributed by atoms with Gasteiger partial charge in [-0.25, -0.2) is 0 Å². The summed E-state index contributed by atoms with van der Waals surface area (Å²) >= 11 is 0. The van der Waals surface area contributed by atoms with Crippen molar-refractivity contribution in [1.29, 1.82) is 0 Å². The van der Waals surface area contributed by atoms with E-state index in [0.717, 1.165) is 11.1 Å². The van der Waals surface area contributed by atoms with E-state index in [-0.39, 0.29) is 18.6 Å². The van der Waals surface area contributed by atoms with E-state index in [0.29, 0.717) is 30.6 Å². The fourth-order valence-electron chi connectivity index (χ4n) is 5.24. The maximum Gasteiger partial charge on any atom is 0.183 e. The average molecular weight is 499 g/mol. The molecule has 2 aliphatic rings. The zero-order chi connectivity index (χ0) is 27.6. The second kappa shape index (κ2) is 11.0. The normalized spacial score (nSPS) is 27.3. The molecule has 5 heteroatoms. The lowest BCUT2D eigenvalue weighted by atomic mass is 9.55. The Morgan fingerprint density at radius 2 is 1.56 bits per heavy atom. The summed E-state index contributed by atoms with van der Waals surface area (Å²) in [6, 6.07) is 0. The highest BCUT2D eigenvalue weighted by molar-refractivity contribution is 6.32. The van der Waals surface area contributed by atoms with Crippen molar-refractivity contribution in [3.05, 3.63) is 46.3 Å². The molecule has 0 amide bonds. The van der Waals surface area contributed by atoms with Crippen molar-refractivity contribution < 1.29 is 24.2 Å². The summed E-state index contributed by atoms with van der Waals surface area (Å²) in [5.74, 6) is -1.33. The molecule has 2 rings (SSSR count). The molecule has 0 spiro atoms. The molecule has 0 saturated heterocycles. The maximum absolute atomic E-state index is 14.4. The van der Waals surface area contributed by atoms with Gasteiger partial charge >= 0.3 is 0 Å². The largest absolute Gasteiger partial charge is 0.490 e. The van der Waals surface area contributed by atoms with Crippen molar-refractivity contribution in [2.45, 2.75) is 113 Å². The zero-order valence-corrected chi connectivity index (χ0v) is 24.0. The van der Waals surface area contributed by atoms with Crippen molar-refractivity contribution in [2.24, 2.45) is 16.7 Å². The van der Waals surface area contributed by atoms with Crippen molar-refractivity contribution in [3.63, 3.8) is 0 Å². The fraction of sp³-hybridized carbons (Fsp3) is 0.645. The Bertz CT molecular complexity index is 1020. The summed E-state index contributed by atoms with van der Waals surface area (Å²) in [4.78, 5) is 42.3. The van der Waals surface area contributed by atoms with E-state index < -0.39 is 40.0 Å². The Balaban J connectivity index is 2.68. The van der Waals surface area contributed by atoms with E-state index in [1.165, 1.54) is 5.57 Å². The van der Waals surface area contributed by atoms with Gasteiger partial charge in [-0.05, 0) is 81.1 Å². The Hall–Kier alpha value is -2.27. The first-order valence-electron chi connectivity index (χ1n) is 13.2. The van der Waals surface area contributed by atoms with Crippen molar-refractivity contribution in [1.82, 2.24) is 0 Å². The van der Waals surface area contributed by atoms with Crippen LogP contribution in [0.5, 0.6) is 0 Å². The second-order valence-electron chi connectivity index (χ2n) is 12.2. The van der Waals surface area contributed by atoms with Crippen LogP contribution in [0.1, 0.15) is 101 Å². The van der Waals surface area contributed by atoms with E-state index in [4.69, 9.17) is 4.74 Å². The molecule has 4 unspecified atom stereocenters. The molecule has 1 N–H and O–H groups in total. The van der Waals surface area contributed by atoms with Gasteiger partial charge in [-0.1, -0.05) is 48.8 Å². The molecule has 0 bridgehead atoms. The van der Waals surface area contributed by atoms with E-state index in [1.54, 1.807) is 27.7 Å². The van der Waals surface area contributed by atoms with Crippen LogP contribution >= 0.6 is 0 Å². The molecule has 0 aromatic heterocycles. The van der Waals surface area contributed by atoms with E-state index in [9.17, 15) is 19.5 Å². The Morgan fingerprint density at radius 3 is 2.06 bits per heavy atom. The number of carbonyl (C=O) groups is 3. The smallest absolute Gasteiger partial charge is 0.183 e. The zero-order valence-electron chi connectivity index (χ0n) is 24.0. The number of ether oxygens (including phenoxy) is 1. The van der Waals surface area contributed by atoms with Crippen molar-refractivity contribution in [2.75, 3.05) is 0 Å². The van der Waals surface area contributed by atoms with E-state index >= 15 is 0 Å². The lowest BCUT2D eigenvalue weighted by Gasteiger charge is -2.43. The molecular formula is C31H46O5. The summed E-state index contributed by atoms with van der Waals surface area (Å²) < 4.78 is 6.35. The third-order valence-corrected chi connectivity index (χ3v) is 7.55. The van der Waals surface area contributed by atoms with Crippen LogP contribution < -0.4 is 0 Å². The molecule has 0 saturated carbocycles. The van der Waals surface area contributed by atoms with Crippen molar-refractivity contribution in [3.8, 4) is 0 Å². The third-order valence-electron chi connectivity index (χ3n) is 7.55. The van der Waals surface area contributed by atoms with Gasteiger partial charge < -0.3 is 9.84 Å². The van der Waals surface area contributed by atoms with Crippen LogP contribution in [0.3, 0.4) is 0 Å². The van der Waals surface area contributed by atoms with E-state index in [1.807, 2.05) is 53.7 Å². The van der Waals surface area contributed by atoms with Gasteiger partial charge in [0.25, 0.3) is 0 Å². The number of carbonyl (C=O) groups excluding carboxylic acids is 3. The Labute approximate surface area is 217 Å². The molecule has 200 valence electrons. The van der Waals surface area contributed by atoms with Gasteiger partial charge in [-0.3, -0.25) is 14.4 Å². The molecule has 0 aromatic carbocycles. The minimum absolute atomic E-state index is 0.0484. The number of ketones is 3. The molecule has 0 aromatic rings. The first-order valence-corrected chi connectivity index (χ1v) is 13.2. The molecule has 0 radical (unpaired) electrons. The summed E-state index contributed by atoms with van der Waals surface area (Å²) in [7, 11) is 0. The summed E-state index contributed by atoms with van der Waals surface area (Å²) in [5, 5.41) is 11.4. The third kappa shape index (κ3) is 5.66. The van der Waals surface area contributed by atoms with Gasteiger partial charge in [0.1, 0.15) is 11.9 Å². The first-order chi connectivity index (χ1) is 16.5. The number of rotatable bonds is 10. The number of allylic oxidation sites excluding steroid dienone is 7. The predicted octanol–water partition coefficient (Wildman–Crippen LogP) is 6.61. The predicted molar refractivity (Wildman–Crippen MR) is 144 cm³/mol. The summed E-state index contributed by atoms with van der Waals surface area (Å²) in [6.45, 7) is 18.7. The molecule has 1 aliphatic heterocycles. The molecule has 0 fully saturated rings. The average Bonchev–Trinajstić information content (AvgIpc) is 3.23. The van der Waals surface area contributed by atoms with Gasteiger partial charge in [0.2, 0.25) is 0 Å². The second-order valence-corrected chi connectivity index (χ2v) is 12.2.